The third-order valence-electron chi connectivity index (χ3n) is 4.49. The Morgan fingerprint density at radius 1 is 1.19 bits per heavy atom. The zero-order valence-corrected chi connectivity index (χ0v) is 17.0. The van der Waals surface area contributed by atoms with Crippen LogP contribution in [-0.4, -0.2) is 36.4 Å². The molecule has 1 heterocycles. The standard InChI is InChI=1S/C20H21BrN2O2S/c1-26-13-11-17(22-19(24)15-7-3-4-8-16(15)21)20(25)23-12-10-14-6-2-5-9-18(14)23/h2-9,17H,10-13H2,1H3,(H,22,24)/t17-/m1/s1. The monoisotopic (exact) mass is 432 g/mol. The van der Waals surface area contributed by atoms with Gasteiger partial charge < -0.3 is 10.2 Å². The minimum atomic E-state index is -0.534. The molecule has 1 atom stereocenters. The number of benzene rings is 2. The van der Waals surface area contributed by atoms with E-state index in [1.807, 2.05) is 42.7 Å². The molecule has 26 heavy (non-hydrogen) atoms. The first-order chi connectivity index (χ1) is 12.6. The molecule has 2 aromatic rings. The fraction of sp³-hybridized carbons (Fsp3) is 0.300. The molecule has 136 valence electrons. The van der Waals surface area contributed by atoms with Crippen molar-refractivity contribution in [2.75, 3.05) is 23.5 Å². The van der Waals surface area contributed by atoms with E-state index in [-0.39, 0.29) is 11.8 Å². The maximum Gasteiger partial charge on any atom is 0.253 e. The number of nitrogens with one attached hydrogen (secondary N) is 1. The average Bonchev–Trinajstić information content (AvgIpc) is 3.09. The number of hydrogen-bond donors (Lipinski definition) is 1. The molecule has 1 aliphatic rings. The van der Waals surface area contributed by atoms with Crippen LogP contribution in [0.5, 0.6) is 0 Å². The van der Waals surface area contributed by atoms with E-state index in [1.54, 1.807) is 22.7 Å². The molecule has 0 radical (unpaired) electrons. The molecule has 6 heteroatoms. The molecule has 2 amide bonds. The Kier molecular flexibility index (Phi) is 6.38. The van der Waals surface area contributed by atoms with Gasteiger partial charge >= 0.3 is 0 Å². The number of anilines is 1. The molecule has 0 saturated heterocycles. The Labute approximate surface area is 166 Å². The number of rotatable bonds is 6. The highest BCUT2D eigenvalue weighted by atomic mass is 79.9. The van der Waals surface area contributed by atoms with Gasteiger partial charge in [0.15, 0.2) is 0 Å². The van der Waals surface area contributed by atoms with E-state index in [1.165, 1.54) is 5.56 Å². The number of para-hydroxylation sites is 1. The molecule has 0 spiro atoms. The minimum absolute atomic E-state index is 0.0376. The van der Waals surface area contributed by atoms with E-state index in [2.05, 4.69) is 27.3 Å². The first-order valence-corrected chi connectivity index (χ1v) is 10.7. The summed E-state index contributed by atoms with van der Waals surface area (Å²) in [5.41, 5.74) is 2.68. The number of carbonyl (C=O) groups is 2. The lowest BCUT2D eigenvalue weighted by molar-refractivity contribution is -0.120. The molecular weight excluding hydrogens is 412 g/mol. The third-order valence-corrected chi connectivity index (χ3v) is 5.82. The van der Waals surface area contributed by atoms with Gasteiger partial charge in [0.05, 0.1) is 5.56 Å². The van der Waals surface area contributed by atoms with Crippen LogP contribution in [0.4, 0.5) is 5.69 Å². The van der Waals surface area contributed by atoms with E-state index < -0.39 is 6.04 Å². The molecule has 1 N–H and O–H groups in total. The van der Waals surface area contributed by atoms with Crippen LogP contribution in [0.1, 0.15) is 22.3 Å². The van der Waals surface area contributed by atoms with Crippen molar-refractivity contribution < 1.29 is 9.59 Å². The summed E-state index contributed by atoms with van der Waals surface area (Å²) in [7, 11) is 0. The van der Waals surface area contributed by atoms with Crippen molar-refractivity contribution in [1.29, 1.82) is 0 Å². The molecule has 1 aliphatic heterocycles. The van der Waals surface area contributed by atoms with Crippen molar-refractivity contribution in [2.45, 2.75) is 18.9 Å². The van der Waals surface area contributed by atoms with Crippen LogP contribution in [0.2, 0.25) is 0 Å². The maximum atomic E-state index is 13.2. The van der Waals surface area contributed by atoms with E-state index in [0.29, 0.717) is 18.5 Å². The maximum absolute atomic E-state index is 13.2. The van der Waals surface area contributed by atoms with Crippen LogP contribution >= 0.6 is 27.7 Å². The number of carbonyl (C=O) groups excluding carboxylic acids is 2. The number of amides is 2. The zero-order valence-electron chi connectivity index (χ0n) is 14.6. The minimum Gasteiger partial charge on any atom is -0.340 e. The lowest BCUT2D eigenvalue weighted by Gasteiger charge is -2.25. The summed E-state index contributed by atoms with van der Waals surface area (Å²) in [4.78, 5) is 27.6. The van der Waals surface area contributed by atoms with Gasteiger partial charge in [-0.05, 0) is 64.5 Å². The highest BCUT2D eigenvalue weighted by molar-refractivity contribution is 9.10. The van der Waals surface area contributed by atoms with Gasteiger partial charge in [-0.2, -0.15) is 11.8 Å². The van der Waals surface area contributed by atoms with E-state index in [4.69, 9.17) is 0 Å². The van der Waals surface area contributed by atoms with Crippen LogP contribution in [0.25, 0.3) is 0 Å². The lowest BCUT2D eigenvalue weighted by atomic mass is 10.1. The second kappa shape index (κ2) is 8.73. The average molecular weight is 433 g/mol. The molecule has 2 aromatic carbocycles. The summed E-state index contributed by atoms with van der Waals surface area (Å²) in [6.07, 6.45) is 3.46. The predicted octanol–water partition coefficient (Wildman–Crippen LogP) is 3.89. The highest BCUT2D eigenvalue weighted by Crippen LogP contribution is 2.28. The smallest absolute Gasteiger partial charge is 0.253 e. The molecule has 0 fully saturated rings. The zero-order chi connectivity index (χ0) is 18.5. The normalized spacial score (nSPS) is 14.0. The van der Waals surface area contributed by atoms with Crippen LogP contribution in [0.3, 0.4) is 0 Å². The van der Waals surface area contributed by atoms with Crippen molar-refractivity contribution in [3.8, 4) is 0 Å². The van der Waals surface area contributed by atoms with Gasteiger partial charge in [0, 0.05) is 16.7 Å². The van der Waals surface area contributed by atoms with Gasteiger partial charge in [-0.25, -0.2) is 0 Å². The van der Waals surface area contributed by atoms with E-state index >= 15 is 0 Å². The summed E-state index contributed by atoms with van der Waals surface area (Å²) >= 11 is 5.07. The molecule has 4 nitrogen and oxygen atoms in total. The van der Waals surface area contributed by atoms with Gasteiger partial charge in [-0.15, -0.1) is 0 Å². The predicted molar refractivity (Wildman–Crippen MR) is 111 cm³/mol. The van der Waals surface area contributed by atoms with E-state index in [0.717, 1.165) is 22.3 Å². The van der Waals surface area contributed by atoms with Crippen LogP contribution in [0, 0.1) is 0 Å². The summed E-state index contributed by atoms with van der Waals surface area (Å²) in [6, 6.07) is 14.7. The molecule has 0 aliphatic carbocycles. The molecular formula is C20H21BrN2O2S. The van der Waals surface area contributed by atoms with Crippen molar-refractivity contribution in [3.05, 3.63) is 64.1 Å². The van der Waals surface area contributed by atoms with Crippen molar-refractivity contribution in [1.82, 2.24) is 5.32 Å². The van der Waals surface area contributed by atoms with Gasteiger partial charge in [-0.3, -0.25) is 9.59 Å². The first-order valence-electron chi connectivity index (χ1n) is 8.55. The lowest BCUT2D eigenvalue weighted by Crippen LogP contribution is -2.48. The van der Waals surface area contributed by atoms with Gasteiger partial charge in [0.25, 0.3) is 5.91 Å². The molecule has 0 aromatic heterocycles. The third kappa shape index (κ3) is 4.13. The second-order valence-electron chi connectivity index (χ2n) is 6.16. The fourth-order valence-corrected chi connectivity index (χ4v) is 4.07. The fourth-order valence-electron chi connectivity index (χ4n) is 3.13. The van der Waals surface area contributed by atoms with Crippen LogP contribution < -0.4 is 10.2 Å². The van der Waals surface area contributed by atoms with E-state index in [9.17, 15) is 9.59 Å². The van der Waals surface area contributed by atoms with Crippen molar-refractivity contribution in [2.24, 2.45) is 0 Å². The Bertz CT molecular complexity index is 812. The summed E-state index contributed by atoms with van der Waals surface area (Å²) in [5.74, 6) is 0.538. The Hall–Kier alpha value is -1.79. The number of hydrogen-bond acceptors (Lipinski definition) is 3. The van der Waals surface area contributed by atoms with Crippen molar-refractivity contribution >= 4 is 45.2 Å². The van der Waals surface area contributed by atoms with Gasteiger partial charge in [0.1, 0.15) is 6.04 Å². The topological polar surface area (TPSA) is 49.4 Å². The number of fused-ring (bicyclic) bond motifs is 1. The number of nitrogens with zero attached hydrogens (tertiary/aromatic N) is 1. The Morgan fingerprint density at radius 2 is 1.92 bits per heavy atom. The first kappa shape index (κ1) is 19.0. The highest BCUT2D eigenvalue weighted by Gasteiger charge is 2.31. The number of halogens is 1. The molecule has 0 saturated carbocycles. The molecule has 0 unspecified atom stereocenters. The summed E-state index contributed by atoms with van der Waals surface area (Å²) in [5, 5.41) is 2.94. The Balaban J connectivity index is 1.79. The number of thioether (sulfide) groups is 1. The molecule has 3 rings (SSSR count). The Morgan fingerprint density at radius 3 is 2.69 bits per heavy atom. The SMILES string of the molecule is CSCC[C@@H](NC(=O)c1ccccc1Br)C(=O)N1CCc2ccccc21. The van der Waals surface area contributed by atoms with Crippen LogP contribution in [-0.2, 0) is 11.2 Å². The second-order valence-corrected chi connectivity index (χ2v) is 8.00. The van der Waals surface area contributed by atoms with Crippen LogP contribution in [0.15, 0.2) is 53.0 Å². The summed E-state index contributed by atoms with van der Waals surface area (Å²) in [6.45, 7) is 0.666. The van der Waals surface area contributed by atoms with Gasteiger partial charge in [0.2, 0.25) is 5.91 Å². The molecule has 0 bridgehead atoms. The largest absolute Gasteiger partial charge is 0.340 e. The van der Waals surface area contributed by atoms with Crippen molar-refractivity contribution in [3.63, 3.8) is 0 Å². The summed E-state index contributed by atoms with van der Waals surface area (Å²) < 4.78 is 0.722. The quantitative estimate of drug-likeness (QED) is 0.752. The van der Waals surface area contributed by atoms with Gasteiger partial charge in [-0.1, -0.05) is 30.3 Å².